The minimum atomic E-state index is -1.58. The van der Waals surface area contributed by atoms with Crippen LogP contribution in [0.15, 0.2) is 69.1 Å². The van der Waals surface area contributed by atoms with Gasteiger partial charge in [-0.05, 0) is 105 Å². The lowest BCUT2D eigenvalue weighted by molar-refractivity contribution is -0.141. The van der Waals surface area contributed by atoms with Crippen molar-refractivity contribution in [2.75, 3.05) is 26.2 Å². The highest BCUT2D eigenvalue weighted by atomic mass is 79.9. The molecule has 51 heavy (non-hydrogen) atoms. The maximum absolute atomic E-state index is 15.4. The van der Waals surface area contributed by atoms with Gasteiger partial charge in [0.2, 0.25) is 11.8 Å². The number of likely N-dealkylation sites (tertiary alicyclic amines) is 1. The largest absolute Gasteiger partial charge is 0.503 e. The van der Waals surface area contributed by atoms with E-state index in [0.29, 0.717) is 51.4 Å². The number of phenols is 1. The van der Waals surface area contributed by atoms with E-state index in [0.717, 1.165) is 10.6 Å². The number of imide groups is 2. The molecular formula is C37H33Br2Cl2N3O7. The summed E-state index contributed by atoms with van der Waals surface area (Å²) in [7, 11) is 2.96. The van der Waals surface area contributed by atoms with Crippen LogP contribution in [0.4, 0.5) is 5.69 Å². The number of halogens is 4. The maximum atomic E-state index is 15.4. The molecule has 4 aliphatic rings. The zero-order valence-electron chi connectivity index (χ0n) is 27.7. The number of benzene rings is 3. The predicted molar refractivity (Wildman–Crippen MR) is 198 cm³/mol. The van der Waals surface area contributed by atoms with Crippen LogP contribution >= 0.6 is 55.1 Å². The number of amides is 4. The number of carbonyl (C=O) groups is 4. The molecule has 6 atom stereocenters. The summed E-state index contributed by atoms with van der Waals surface area (Å²) < 4.78 is 11.8. The first-order valence-corrected chi connectivity index (χ1v) is 18.8. The highest BCUT2D eigenvalue weighted by Crippen LogP contribution is 2.65. The average Bonchev–Trinajstić information content (AvgIpc) is 3.49. The van der Waals surface area contributed by atoms with Gasteiger partial charge in [-0.3, -0.25) is 29.5 Å². The summed E-state index contributed by atoms with van der Waals surface area (Å²) in [6, 6.07) is 13.4. The van der Waals surface area contributed by atoms with Gasteiger partial charge in [-0.2, -0.15) is 5.01 Å². The summed E-state index contributed by atoms with van der Waals surface area (Å²) in [5.74, 6) is -4.72. The molecule has 6 unspecified atom stereocenters. The summed E-state index contributed by atoms with van der Waals surface area (Å²) in [5, 5.41) is 12.6. The Hall–Kier alpha value is -3.58. The Morgan fingerprint density at radius 1 is 0.941 bits per heavy atom. The molecule has 2 N–H and O–H groups in total. The third-order valence-corrected chi connectivity index (χ3v) is 13.5. The fourth-order valence-electron chi connectivity index (χ4n) is 8.67. The number of hydrogen-bond donors (Lipinski definition) is 2. The number of anilines is 1. The zero-order chi connectivity index (χ0) is 36.5. The molecule has 0 spiro atoms. The van der Waals surface area contributed by atoms with Crippen LogP contribution in [0.3, 0.4) is 0 Å². The van der Waals surface area contributed by atoms with Gasteiger partial charge >= 0.3 is 0 Å². The van der Waals surface area contributed by atoms with Crippen LogP contribution in [0.1, 0.15) is 43.2 Å². The highest BCUT2D eigenvalue weighted by Gasteiger charge is 2.70. The van der Waals surface area contributed by atoms with E-state index >= 15 is 4.79 Å². The van der Waals surface area contributed by atoms with E-state index in [1.165, 1.54) is 25.2 Å². The molecule has 2 aliphatic carbocycles. The number of carbonyl (C=O) groups excluding carboxylic acids is 4. The number of fused-ring (bicyclic) bond motifs is 4. The molecule has 3 aromatic carbocycles. The molecule has 14 heteroatoms. The van der Waals surface area contributed by atoms with Crippen LogP contribution in [0, 0.1) is 23.7 Å². The van der Waals surface area contributed by atoms with E-state index in [-0.39, 0.29) is 39.2 Å². The molecule has 0 radical (unpaired) electrons. The highest BCUT2D eigenvalue weighted by molar-refractivity contribution is 9.13. The smallest absolute Gasteiger partial charge is 0.260 e. The summed E-state index contributed by atoms with van der Waals surface area (Å²) >= 11 is 19.9. The molecule has 1 saturated carbocycles. The SMILES string of the molecule is CCCN1C(=O)C2CC=C3C(CC4C(=O)N(Nc5ccc(Cl)cc5Cl)C(=O)C4(c4ccc(OC)cc4)C3c3cc(OC)c(O)c(Br)c3Br)C2C1=O. The van der Waals surface area contributed by atoms with Crippen molar-refractivity contribution in [3.05, 3.63) is 90.3 Å². The number of nitrogens with zero attached hydrogens (tertiary/aromatic N) is 2. The van der Waals surface area contributed by atoms with Crippen molar-refractivity contribution < 1.29 is 33.8 Å². The predicted octanol–water partition coefficient (Wildman–Crippen LogP) is 7.64. The number of ether oxygens (including phenoxy) is 2. The zero-order valence-corrected chi connectivity index (χ0v) is 32.4. The summed E-state index contributed by atoms with van der Waals surface area (Å²) in [5.41, 5.74) is 3.55. The number of methoxy groups -OCH3 is 2. The fourth-order valence-corrected chi connectivity index (χ4v) is 10.1. The number of rotatable bonds is 8. The number of phenolic OH excluding ortho intramolecular Hbond substituents is 1. The van der Waals surface area contributed by atoms with Crippen LogP contribution in [0.25, 0.3) is 0 Å². The lowest BCUT2D eigenvalue weighted by Gasteiger charge is -2.51. The second-order valence-electron chi connectivity index (χ2n) is 13.2. The van der Waals surface area contributed by atoms with E-state index in [2.05, 4.69) is 37.3 Å². The van der Waals surface area contributed by atoms with E-state index in [4.69, 9.17) is 32.7 Å². The van der Waals surface area contributed by atoms with Crippen LogP contribution in [-0.2, 0) is 24.6 Å². The Balaban J connectivity index is 1.51. The van der Waals surface area contributed by atoms with E-state index < -0.39 is 46.8 Å². The first kappa shape index (κ1) is 35.8. The molecule has 7 rings (SSSR count). The quantitative estimate of drug-likeness (QED) is 0.175. The van der Waals surface area contributed by atoms with Crippen molar-refractivity contribution in [2.45, 2.75) is 37.5 Å². The van der Waals surface area contributed by atoms with E-state index in [9.17, 15) is 19.5 Å². The van der Waals surface area contributed by atoms with Gasteiger partial charge in [0, 0.05) is 22.0 Å². The summed E-state index contributed by atoms with van der Waals surface area (Å²) in [6.45, 7) is 2.22. The van der Waals surface area contributed by atoms with Gasteiger partial charge in [0.05, 0.1) is 52.6 Å². The van der Waals surface area contributed by atoms with Crippen molar-refractivity contribution in [1.29, 1.82) is 0 Å². The Morgan fingerprint density at radius 3 is 2.31 bits per heavy atom. The Labute approximate surface area is 321 Å². The molecule has 3 fully saturated rings. The van der Waals surface area contributed by atoms with Crippen molar-refractivity contribution >= 4 is 84.4 Å². The summed E-state index contributed by atoms with van der Waals surface area (Å²) in [6.07, 6.45) is 3.00. The van der Waals surface area contributed by atoms with Gasteiger partial charge in [0.1, 0.15) is 5.75 Å². The lowest BCUT2D eigenvalue weighted by atomic mass is 9.49. The standard InChI is InChI=1S/C37H33Br2Cl2N3O7/c1-4-13-43-33(46)21-11-10-20-22(28(21)35(43)48)15-24-34(47)44(42-26-12-7-18(40)14-25(26)41)36(49)37(24,17-5-8-19(50-2)9-6-17)29(20)23-16-27(51-3)32(45)31(39)30(23)38/h5-10,12,14,16,21-22,24,28-29,42,45H,4,11,13,15H2,1-3H3. The fraction of sp³-hybridized carbons (Fsp3) is 0.351. The van der Waals surface area contributed by atoms with Crippen LogP contribution < -0.4 is 14.9 Å². The minimum absolute atomic E-state index is 0.125. The van der Waals surface area contributed by atoms with E-state index in [1.807, 2.05) is 13.0 Å². The summed E-state index contributed by atoms with van der Waals surface area (Å²) in [4.78, 5) is 59.5. The van der Waals surface area contributed by atoms with Gasteiger partial charge in [-0.1, -0.05) is 53.9 Å². The second kappa shape index (κ2) is 13.4. The molecule has 4 amide bonds. The van der Waals surface area contributed by atoms with E-state index in [1.54, 1.807) is 42.5 Å². The number of allylic oxidation sites excluding steroid dienone is 2. The van der Waals surface area contributed by atoms with Gasteiger partial charge in [0.25, 0.3) is 11.8 Å². The number of hydrazine groups is 1. The van der Waals surface area contributed by atoms with Gasteiger partial charge in [-0.15, -0.1) is 0 Å². The average molecular weight is 862 g/mol. The number of aromatic hydroxyl groups is 1. The molecule has 2 heterocycles. The normalized spacial score (nSPS) is 26.9. The Kier molecular flexibility index (Phi) is 9.43. The maximum Gasteiger partial charge on any atom is 0.260 e. The third kappa shape index (κ3) is 5.30. The van der Waals surface area contributed by atoms with Gasteiger partial charge in [0.15, 0.2) is 11.5 Å². The lowest BCUT2D eigenvalue weighted by Crippen LogP contribution is -2.53. The van der Waals surface area contributed by atoms with Crippen LogP contribution in [0.2, 0.25) is 10.0 Å². The van der Waals surface area contributed by atoms with Crippen molar-refractivity contribution in [3.63, 3.8) is 0 Å². The topological polar surface area (TPSA) is 125 Å². The number of nitrogens with one attached hydrogen (secondary N) is 1. The first-order valence-electron chi connectivity index (χ1n) is 16.4. The number of hydrogen-bond acceptors (Lipinski definition) is 8. The van der Waals surface area contributed by atoms with Gasteiger partial charge in [-0.25, -0.2) is 0 Å². The molecule has 2 aliphatic heterocycles. The molecule has 0 bridgehead atoms. The van der Waals surface area contributed by atoms with Crippen LogP contribution in [-0.4, -0.2) is 59.4 Å². The molecule has 0 aromatic heterocycles. The molecule has 2 saturated heterocycles. The minimum Gasteiger partial charge on any atom is -0.503 e. The van der Waals surface area contributed by atoms with Crippen LogP contribution in [0.5, 0.6) is 17.2 Å². The van der Waals surface area contributed by atoms with Crippen molar-refractivity contribution in [2.24, 2.45) is 23.7 Å². The van der Waals surface area contributed by atoms with Gasteiger partial charge < -0.3 is 14.6 Å². The third-order valence-electron chi connectivity index (χ3n) is 10.8. The molecular weight excluding hydrogens is 829 g/mol. The van der Waals surface area contributed by atoms with Crippen molar-refractivity contribution in [3.8, 4) is 17.2 Å². The Morgan fingerprint density at radius 2 is 1.67 bits per heavy atom. The monoisotopic (exact) mass is 859 g/mol. The molecule has 10 nitrogen and oxygen atoms in total. The van der Waals surface area contributed by atoms with Crippen molar-refractivity contribution in [1.82, 2.24) is 9.91 Å². The first-order chi connectivity index (χ1) is 24.4. The molecule has 266 valence electrons. The Bertz CT molecular complexity index is 2030. The second-order valence-corrected chi connectivity index (χ2v) is 15.6. The molecule has 3 aromatic rings.